The van der Waals surface area contributed by atoms with Crippen LogP contribution < -0.4 is 30.6 Å². The van der Waals surface area contributed by atoms with Gasteiger partial charge in [-0.3, -0.25) is 28.8 Å². The van der Waals surface area contributed by atoms with Crippen molar-refractivity contribution in [2.24, 2.45) is 0 Å². The zero-order valence-corrected chi connectivity index (χ0v) is 44.0. The molecule has 0 saturated heterocycles. The van der Waals surface area contributed by atoms with Crippen LogP contribution in [0.5, 0.6) is 0 Å². The van der Waals surface area contributed by atoms with E-state index in [0.717, 1.165) is 77.0 Å². The Labute approximate surface area is 425 Å². The van der Waals surface area contributed by atoms with Gasteiger partial charge in [0.25, 0.3) is 0 Å². The molecular weight excluding hydrogens is 918 g/mol. The van der Waals surface area contributed by atoms with Crippen molar-refractivity contribution in [1.82, 2.24) is 0 Å². The molecule has 0 rings (SSSR count). The molecule has 0 aliphatic heterocycles. The number of carboxylic acid groups (broad SMARTS) is 6. The van der Waals surface area contributed by atoms with Gasteiger partial charge in [-0.25, -0.2) is 0 Å². The van der Waals surface area contributed by atoms with Crippen molar-refractivity contribution in [3.63, 3.8) is 0 Å². The predicted molar refractivity (Wildman–Crippen MR) is 244 cm³/mol. The molecule has 0 saturated carbocycles. The van der Waals surface area contributed by atoms with Crippen molar-refractivity contribution >= 4 is 105 Å². The molecule has 18 nitrogen and oxygen atoms in total. The summed E-state index contributed by atoms with van der Waals surface area (Å²) in [5.41, 5.74) is 0. The summed E-state index contributed by atoms with van der Waals surface area (Å²) in [6.07, 6.45) is 17.3. The average molecular weight is 997 g/mol. The molecule has 0 aromatic carbocycles. The van der Waals surface area contributed by atoms with Crippen LogP contribution in [0.4, 0.5) is 0 Å². The van der Waals surface area contributed by atoms with E-state index < -0.39 is 74.3 Å². The largest absolute Gasteiger partial charge is 3.00 e. The molecular formula is C48H78Al2O18. The van der Waals surface area contributed by atoms with Crippen LogP contribution in [-0.2, 0) is 57.5 Å². The number of hydrogen-bond donors (Lipinski definition) is 0. The van der Waals surface area contributed by atoms with Gasteiger partial charge in [-0.05, 0) is 38.5 Å². The quantitative estimate of drug-likeness (QED) is 0.0478. The van der Waals surface area contributed by atoms with Crippen LogP contribution in [0, 0.1) is 0 Å². The number of hydrogen-bond acceptors (Lipinski definition) is 18. The van der Waals surface area contributed by atoms with Crippen molar-refractivity contribution in [2.45, 2.75) is 234 Å². The van der Waals surface area contributed by atoms with Crippen molar-refractivity contribution in [3.05, 3.63) is 0 Å². The predicted octanol–water partition coefficient (Wildman–Crippen LogP) is 0.893. The first-order valence-corrected chi connectivity index (χ1v) is 23.3. The van der Waals surface area contributed by atoms with Crippen molar-refractivity contribution in [3.8, 4) is 0 Å². The fraction of sp³-hybridized carbons (Fsp3) is 0.750. The molecule has 0 aliphatic carbocycles. The molecule has 0 aromatic heterocycles. The van der Waals surface area contributed by atoms with Crippen LogP contribution in [0.1, 0.15) is 234 Å². The number of rotatable bonds is 36. The molecule has 0 unspecified atom stereocenters. The molecule has 0 aliphatic rings. The Balaban J connectivity index is -0.000000106. The maximum absolute atomic E-state index is 10.9. The third-order valence-electron chi connectivity index (χ3n) is 8.34. The normalized spacial score (nSPS) is 9.26. The summed E-state index contributed by atoms with van der Waals surface area (Å²) in [4.78, 5) is 123. The van der Waals surface area contributed by atoms with E-state index in [1.807, 2.05) is 27.7 Å². The van der Waals surface area contributed by atoms with Crippen LogP contribution >= 0.6 is 0 Å². The number of ketones is 6. The molecule has 0 spiro atoms. The summed E-state index contributed by atoms with van der Waals surface area (Å²) >= 11 is 0. The molecule has 0 radical (unpaired) electrons. The van der Waals surface area contributed by atoms with Gasteiger partial charge in [-0.15, -0.1) is 0 Å². The number of aliphatic carboxylic acids is 6. The molecule has 0 aromatic rings. The van der Waals surface area contributed by atoms with Gasteiger partial charge in [0, 0.05) is 113 Å². The van der Waals surface area contributed by atoms with E-state index >= 15 is 0 Å². The minimum atomic E-state index is -1.28. The van der Waals surface area contributed by atoms with Crippen molar-refractivity contribution in [1.29, 1.82) is 0 Å². The van der Waals surface area contributed by atoms with Gasteiger partial charge >= 0.3 is 34.7 Å². The van der Waals surface area contributed by atoms with E-state index in [9.17, 15) is 88.2 Å². The molecule has 0 fully saturated rings. The Morgan fingerprint density at radius 1 is 0.221 bits per heavy atom. The summed E-state index contributed by atoms with van der Waals surface area (Å²) in [5, 5.41) is 59.4. The first kappa shape index (κ1) is 80.9. The fourth-order valence-electron chi connectivity index (χ4n) is 5.05. The van der Waals surface area contributed by atoms with Crippen molar-refractivity contribution in [2.75, 3.05) is 0 Å². The van der Waals surface area contributed by atoms with E-state index in [4.69, 9.17) is 0 Å². The van der Waals surface area contributed by atoms with E-state index in [1.165, 1.54) is 25.7 Å². The molecule has 0 amide bonds. The number of unbranched alkanes of at least 4 members (excludes halogenated alkanes) is 12. The second-order valence-electron chi connectivity index (χ2n) is 15.3. The van der Waals surface area contributed by atoms with Crippen LogP contribution in [-0.4, -0.2) is 105 Å². The average Bonchev–Trinajstić information content (AvgIpc) is 3.18. The van der Waals surface area contributed by atoms with E-state index in [1.54, 1.807) is 0 Å². The molecule has 68 heavy (non-hydrogen) atoms. The van der Waals surface area contributed by atoms with Gasteiger partial charge in [-0.1, -0.05) is 119 Å². The smallest absolute Gasteiger partial charge is 0.550 e. The summed E-state index contributed by atoms with van der Waals surface area (Å²) in [6, 6.07) is 0. The SMILES string of the molecule is CCCC(=O)CC(=O)[O-].CCCC(=O)CC(=O)[O-].CCCCCC(=O)CC(=O)[O-].CCCCCC(=O)CC(=O)[O-].CCCCCCCC(=O)CC(=O)[O-].CCCCCCCC(=O)CC(=O)[O-].[Al+3].[Al+3]. The summed E-state index contributed by atoms with van der Waals surface area (Å²) < 4.78 is 0. The second kappa shape index (κ2) is 62.9. The molecule has 20 heteroatoms. The maximum Gasteiger partial charge on any atom is 3.00 e. The Bertz CT molecular complexity index is 1280. The Hall–Kier alpha value is -4.10. The molecule has 0 atom stereocenters. The van der Waals surface area contributed by atoms with Crippen LogP contribution in [0.25, 0.3) is 0 Å². The van der Waals surface area contributed by atoms with Gasteiger partial charge in [-0.2, -0.15) is 0 Å². The Morgan fingerprint density at radius 2 is 0.368 bits per heavy atom. The second-order valence-corrected chi connectivity index (χ2v) is 15.3. The van der Waals surface area contributed by atoms with E-state index in [0.29, 0.717) is 51.4 Å². The Morgan fingerprint density at radius 3 is 0.529 bits per heavy atom. The summed E-state index contributed by atoms with van der Waals surface area (Å²) in [5.74, 6) is -9.02. The van der Waals surface area contributed by atoms with E-state index in [2.05, 4.69) is 13.8 Å². The first-order chi connectivity index (χ1) is 31.0. The first-order valence-electron chi connectivity index (χ1n) is 23.3. The number of Topliss-reactive ketones (excluding diaryl/α,β-unsaturated/α-hetero) is 6. The number of carbonyl (C=O) groups is 12. The van der Waals surface area contributed by atoms with Crippen molar-refractivity contribution < 1.29 is 88.2 Å². The van der Waals surface area contributed by atoms with Gasteiger partial charge in [0.05, 0.1) is 0 Å². The zero-order valence-electron chi connectivity index (χ0n) is 41.7. The van der Waals surface area contributed by atoms with Gasteiger partial charge in [0.2, 0.25) is 0 Å². The maximum atomic E-state index is 10.9. The Kier molecular flexibility index (Phi) is 74.8. The summed E-state index contributed by atoms with van der Waals surface area (Å²) in [6.45, 7) is 12.0. The summed E-state index contributed by atoms with van der Waals surface area (Å²) in [7, 11) is 0. The molecule has 0 heterocycles. The van der Waals surface area contributed by atoms with E-state index in [-0.39, 0.29) is 69.4 Å². The third kappa shape index (κ3) is 92.2. The topological polar surface area (TPSA) is 343 Å². The van der Waals surface area contributed by atoms with Crippen LogP contribution in [0.2, 0.25) is 0 Å². The van der Waals surface area contributed by atoms with Gasteiger partial charge in [0.15, 0.2) is 0 Å². The van der Waals surface area contributed by atoms with Gasteiger partial charge in [0.1, 0.15) is 34.7 Å². The molecule has 0 N–H and O–H groups in total. The fourth-order valence-corrected chi connectivity index (χ4v) is 5.05. The third-order valence-corrected chi connectivity index (χ3v) is 8.34. The molecule has 0 bridgehead atoms. The standard InChI is InChI=1S/2C10H18O3.2C8H14O3.2C6H10O3.2Al/c2*1-2-3-4-5-6-7-9(11)8-10(12)13;2*1-2-3-4-5-7(9)6-8(10)11;2*1-2-3-5(7)4-6(8)9;;/h2*2-8H2,1H3,(H,12,13);2*2-6H2,1H3,(H,10,11);2*2-4H2,1H3,(H,8,9);;/q;;;;;;2*+3/p-6. The van der Waals surface area contributed by atoms with Crippen LogP contribution in [0.3, 0.4) is 0 Å². The minimum Gasteiger partial charge on any atom is -0.550 e. The zero-order chi connectivity index (χ0) is 52.1. The van der Waals surface area contributed by atoms with Crippen LogP contribution in [0.15, 0.2) is 0 Å². The number of carboxylic acids is 6. The number of carbonyl (C=O) groups excluding carboxylic acids is 12. The molecule has 384 valence electrons. The van der Waals surface area contributed by atoms with Gasteiger partial charge < -0.3 is 59.4 Å². The minimum absolute atomic E-state index is 0. The monoisotopic (exact) mass is 996 g/mol.